The second kappa shape index (κ2) is 6.25. The minimum atomic E-state index is 0.108. The maximum absolute atomic E-state index is 6.27. The molecule has 0 aromatic carbocycles. The summed E-state index contributed by atoms with van der Waals surface area (Å²) in [6.07, 6.45) is 11.1. The van der Waals surface area contributed by atoms with Gasteiger partial charge in [-0.3, -0.25) is 0 Å². The van der Waals surface area contributed by atoms with Crippen molar-refractivity contribution in [2.45, 2.75) is 57.9 Å². The van der Waals surface area contributed by atoms with Crippen molar-refractivity contribution in [2.24, 2.45) is 17.6 Å². The molecule has 1 atom stereocenters. The quantitative estimate of drug-likeness (QED) is 0.827. The lowest BCUT2D eigenvalue weighted by Gasteiger charge is -2.31. The van der Waals surface area contributed by atoms with Gasteiger partial charge in [0.2, 0.25) is 0 Å². The lowest BCUT2D eigenvalue weighted by molar-refractivity contribution is 0.220. The molecule has 1 aliphatic rings. The van der Waals surface area contributed by atoms with Crippen LogP contribution < -0.4 is 5.73 Å². The Kier molecular flexibility index (Phi) is 4.66. The van der Waals surface area contributed by atoms with E-state index in [4.69, 9.17) is 10.2 Å². The van der Waals surface area contributed by atoms with Gasteiger partial charge < -0.3 is 10.2 Å². The average Bonchev–Trinajstić information content (AvgIpc) is 2.90. The summed E-state index contributed by atoms with van der Waals surface area (Å²) in [5, 5.41) is 0. The largest absolute Gasteiger partial charge is 0.468 e. The Bertz CT molecular complexity index is 299. The van der Waals surface area contributed by atoms with Crippen molar-refractivity contribution >= 4 is 0 Å². The molecule has 1 aliphatic carbocycles. The van der Waals surface area contributed by atoms with Gasteiger partial charge in [-0.1, -0.05) is 39.0 Å². The first-order valence-electron chi connectivity index (χ1n) is 7.10. The molecule has 2 nitrogen and oxygen atoms in total. The fourth-order valence-corrected chi connectivity index (χ4v) is 3.04. The van der Waals surface area contributed by atoms with Crippen LogP contribution in [0.15, 0.2) is 22.8 Å². The molecule has 1 unspecified atom stereocenters. The van der Waals surface area contributed by atoms with E-state index in [0.29, 0.717) is 5.92 Å². The van der Waals surface area contributed by atoms with Gasteiger partial charge in [0.1, 0.15) is 5.76 Å². The van der Waals surface area contributed by atoms with E-state index in [1.54, 1.807) is 6.26 Å². The van der Waals surface area contributed by atoms with Gasteiger partial charge in [0, 0.05) is 0 Å². The molecule has 1 saturated carbocycles. The summed E-state index contributed by atoms with van der Waals surface area (Å²) >= 11 is 0. The van der Waals surface area contributed by atoms with Crippen LogP contribution in [0.4, 0.5) is 0 Å². The summed E-state index contributed by atoms with van der Waals surface area (Å²) in [7, 11) is 0. The Morgan fingerprint density at radius 1 is 1.35 bits per heavy atom. The summed E-state index contributed by atoms with van der Waals surface area (Å²) in [6, 6.07) is 4.05. The summed E-state index contributed by atoms with van der Waals surface area (Å²) in [5.74, 6) is 2.54. The summed E-state index contributed by atoms with van der Waals surface area (Å²) in [5.41, 5.74) is 6.27. The van der Waals surface area contributed by atoms with Crippen LogP contribution in [-0.2, 0) is 0 Å². The molecule has 0 aliphatic heterocycles. The Labute approximate surface area is 105 Å². The first-order valence-corrected chi connectivity index (χ1v) is 7.10. The summed E-state index contributed by atoms with van der Waals surface area (Å²) < 4.78 is 5.42. The Morgan fingerprint density at radius 3 is 2.71 bits per heavy atom. The van der Waals surface area contributed by atoms with Crippen molar-refractivity contribution in [3.05, 3.63) is 24.2 Å². The van der Waals surface area contributed by atoms with E-state index < -0.39 is 0 Å². The van der Waals surface area contributed by atoms with Gasteiger partial charge in [-0.25, -0.2) is 0 Å². The molecule has 17 heavy (non-hydrogen) atoms. The lowest BCUT2D eigenvalue weighted by Crippen LogP contribution is -2.25. The van der Waals surface area contributed by atoms with Crippen LogP contribution in [0.5, 0.6) is 0 Å². The lowest BCUT2D eigenvalue weighted by atomic mass is 9.76. The van der Waals surface area contributed by atoms with Crippen molar-refractivity contribution in [1.29, 1.82) is 0 Å². The second-order valence-electron chi connectivity index (χ2n) is 5.46. The highest BCUT2D eigenvalue weighted by molar-refractivity contribution is 5.05. The molecule has 0 saturated heterocycles. The van der Waals surface area contributed by atoms with Crippen molar-refractivity contribution in [2.75, 3.05) is 0 Å². The second-order valence-corrected chi connectivity index (χ2v) is 5.46. The minimum Gasteiger partial charge on any atom is -0.468 e. The average molecular weight is 235 g/mol. The molecule has 0 amide bonds. The normalized spacial score (nSPS) is 26.9. The molecule has 0 bridgehead atoms. The molecule has 1 aromatic heterocycles. The van der Waals surface area contributed by atoms with Crippen LogP contribution >= 0.6 is 0 Å². The van der Waals surface area contributed by atoms with Crippen LogP contribution in [0.3, 0.4) is 0 Å². The van der Waals surface area contributed by atoms with Gasteiger partial charge in [0.15, 0.2) is 0 Å². The fraction of sp³-hybridized carbons (Fsp3) is 0.733. The van der Waals surface area contributed by atoms with E-state index in [9.17, 15) is 0 Å². The zero-order valence-corrected chi connectivity index (χ0v) is 10.9. The zero-order chi connectivity index (χ0) is 12.1. The Hall–Kier alpha value is -0.760. The maximum atomic E-state index is 6.27. The third-order valence-corrected chi connectivity index (χ3v) is 4.24. The predicted octanol–water partition coefficient (Wildman–Crippen LogP) is 4.28. The van der Waals surface area contributed by atoms with Gasteiger partial charge in [-0.2, -0.15) is 0 Å². The molecule has 0 spiro atoms. The molecular formula is C15H25NO. The topological polar surface area (TPSA) is 39.2 Å². The van der Waals surface area contributed by atoms with Crippen LogP contribution in [0.2, 0.25) is 0 Å². The van der Waals surface area contributed by atoms with E-state index in [0.717, 1.165) is 11.7 Å². The van der Waals surface area contributed by atoms with Gasteiger partial charge in [0.25, 0.3) is 0 Å². The van der Waals surface area contributed by atoms with Gasteiger partial charge in [-0.05, 0) is 36.8 Å². The van der Waals surface area contributed by atoms with Crippen molar-refractivity contribution < 1.29 is 4.42 Å². The highest BCUT2D eigenvalue weighted by Crippen LogP contribution is 2.37. The molecule has 1 aromatic rings. The number of unbranched alkanes of at least 4 members (excludes halogenated alkanes) is 1. The number of furan rings is 1. The van der Waals surface area contributed by atoms with Gasteiger partial charge in [-0.15, -0.1) is 0 Å². The monoisotopic (exact) mass is 235 g/mol. The molecule has 0 radical (unpaired) electrons. The highest BCUT2D eigenvalue weighted by atomic mass is 16.3. The standard InChI is InChI=1S/C15H25NO/c1-2-3-5-12-7-9-13(10-8-12)15(16)14-6-4-11-17-14/h4,6,11-13,15H,2-3,5,7-10,16H2,1H3. The van der Waals surface area contributed by atoms with E-state index >= 15 is 0 Å². The maximum Gasteiger partial charge on any atom is 0.120 e. The number of rotatable bonds is 5. The number of hydrogen-bond acceptors (Lipinski definition) is 2. The van der Waals surface area contributed by atoms with Crippen LogP contribution in [-0.4, -0.2) is 0 Å². The van der Waals surface area contributed by atoms with E-state index in [1.165, 1.54) is 44.9 Å². The molecule has 2 rings (SSSR count). The first kappa shape index (κ1) is 12.7. The molecular weight excluding hydrogens is 210 g/mol. The van der Waals surface area contributed by atoms with Crippen LogP contribution in [0, 0.1) is 11.8 Å². The van der Waals surface area contributed by atoms with Crippen LogP contribution in [0.1, 0.15) is 63.7 Å². The molecule has 1 fully saturated rings. The predicted molar refractivity (Wildman–Crippen MR) is 70.6 cm³/mol. The first-order chi connectivity index (χ1) is 8.31. The van der Waals surface area contributed by atoms with E-state index in [-0.39, 0.29) is 6.04 Å². The third-order valence-electron chi connectivity index (χ3n) is 4.24. The molecule has 96 valence electrons. The molecule has 1 heterocycles. The van der Waals surface area contributed by atoms with Gasteiger partial charge in [0.05, 0.1) is 12.3 Å². The number of hydrogen-bond donors (Lipinski definition) is 1. The smallest absolute Gasteiger partial charge is 0.120 e. The Morgan fingerprint density at radius 2 is 2.12 bits per heavy atom. The van der Waals surface area contributed by atoms with Crippen molar-refractivity contribution in [3.8, 4) is 0 Å². The van der Waals surface area contributed by atoms with Crippen molar-refractivity contribution in [3.63, 3.8) is 0 Å². The summed E-state index contributed by atoms with van der Waals surface area (Å²) in [6.45, 7) is 2.28. The minimum absolute atomic E-state index is 0.108. The van der Waals surface area contributed by atoms with Gasteiger partial charge >= 0.3 is 0 Å². The third kappa shape index (κ3) is 3.35. The molecule has 2 heteroatoms. The molecule has 2 N–H and O–H groups in total. The zero-order valence-electron chi connectivity index (χ0n) is 10.9. The van der Waals surface area contributed by atoms with Crippen LogP contribution in [0.25, 0.3) is 0 Å². The number of nitrogens with two attached hydrogens (primary N) is 1. The fourth-order valence-electron chi connectivity index (χ4n) is 3.04. The highest BCUT2D eigenvalue weighted by Gasteiger charge is 2.27. The Balaban J connectivity index is 1.79. The summed E-state index contributed by atoms with van der Waals surface area (Å²) in [4.78, 5) is 0. The van der Waals surface area contributed by atoms with E-state index in [2.05, 4.69) is 6.92 Å². The van der Waals surface area contributed by atoms with Crippen molar-refractivity contribution in [1.82, 2.24) is 0 Å². The van der Waals surface area contributed by atoms with E-state index in [1.807, 2.05) is 12.1 Å². The SMILES string of the molecule is CCCCC1CCC(C(N)c2ccco2)CC1.